The average molecular weight is 1770 g/mol. The number of likely N-dealkylation sites (N-methyl/N-ethyl adjacent to an activating group) is 3. The maximum absolute atomic E-state index is 15.6. The molecule has 13 amide bonds. The smallest absolute Gasteiger partial charge is 0.305 e. The number of aromatic amines is 1. The Hall–Kier alpha value is -12.6. The molecule has 5 aromatic carbocycles. The van der Waals surface area contributed by atoms with Gasteiger partial charge in [-0.05, 0) is 122 Å². The molecule has 6 aromatic rings. The number of phenols is 1. The Morgan fingerprint density at radius 1 is 0.504 bits per heavy atom. The lowest BCUT2D eigenvalue weighted by Gasteiger charge is -2.38. The fraction of sp³-hybridized carbons (Fsp3) is 0.478. The number of fused-ring (bicyclic) bond motifs is 3. The van der Waals surface area contributed by atoms with Crippen LogP contribution in [0.5, 0.6) is 5.75 Å². The Morgan fingerprint density at radius 2 is 1.02 bits per heavy atom. The SMILES string of the molecule is CCCC[C@H]1C(=O)N2CCC[C@@H]2C(=O)N[C@@H](CC(=O)O)C(=O)N[C@@H](C(C)C)C(=O)N(C)[C@@H](Cc2ccc(C)cc2)C(=O)N[C@@H](CCC(=O)O)C(=O)N2CCC[C@@H]2C(=O)N[C@@H](Cc2c[nH]c3ccccc23)C(=O)N[C@@H](Cc2ccc(O)cc2)C(=O)N[C@@H](CC(C)C)C(=O)N[C@H](C=O)CSCC(=O)N[C@@H](Cc2ccc(F)cc2)C(=O)N(C)[C@@H](Cc2ccccc2)C(=O)N1C. The summed E-state index contributed by atoms with van der Waals surface area (Å²) in [7, 11) is 4.00. The summed E-state index contributed by atoms with van der Waals surface area (Å²) >= 11 is 0.891. The molecule has 0 spiro atoms. The maximum atomic E-state index is 15.6. The van der Waals surface area contributed by atoms with Crippen molar-refractivity contribution in [3.05, 3.63) is 173 Å². The second kappa shape index (κ2) is 46.6. The zero-order valence-corrected chi connectivity index (χ0v) is 73.8. The van der Waals surface area contributed by atoms with Gasteiger partial charge < -0.3 is 92.1 Å². The quantitative estimate of drug-likeness (QED) is 0.0420. The van der Waals surface area contributed by atoms with Crippen molar-refractivity contribution in [1.29, 1.82) is 0 Å². The van der Waals surface area contributed by atoms with E-state index in [0.717, 1.165) is 44.2 Å². The van der Waals surface area contributed by atoms with Crippen LogP contribution in [0.3, 0.4) is 0 Å². The fourth-order valence-electron chi connectivity index (χ4n) is 16.1. The lowest BCUT2D eigenvalue weighted by molar-refractivity contribution is -0.152. The number of para-hydroxylation sites is 1. The topological polar surface area (TPSA) is 462 Å². The molecule has 127 heavy (non-hydrogen) atoms. The van der Waals surface area contributed by atoms with Crippen molar-refractivity contribution in [2.75, 3.05) is 45.7 Å². The number of carboxylic acid groups (broad SMARTS) is 2. The minimum atomic E-state index is -1.91. The first-order valence-corrected chi connectivity index (χ1v) is 44.1. The van der Waals surface area contributed by atoms with Gasteiger partial charge in [0.15, 0.2) is 0 Å². The van der Waals surface area contributed by atoms with Crippen LogP contribution in [0.4, 0.5) is 4.39 Å². The molecule has 682 valence electrons. The number of phenolic OH excluding ortho intramolecular Hbond substituents is 1. The lowest BCUT2D eigenvalue weighted by atomic mass is 9.98. The average Bonchev–Trinajstić information content (AvgIpc) is 1.79. The highest BCUT2D eigenvalue weighted by molar-refractivity contribution is 8.00. The molecule has 33 nitrogen and oxygen atoms in total. The second-order valence-electron chi connectivity index (χ2n) is 33.6. The third-order valence-corrected chi connectivity index (χ3v) is 24.3. The predicted octanol–water partition coefficient (Wildman–Crippen LogP) is 4.35. The van der Waals surface area contributed by atoms with E-state index in [4.69, 9.17) is 0 Å². The van der Waals surface area contributed by atoms with E-state index in [1.54, 1.807) is 113 Å². The number of aromatic hydroxyl groups is 1. The fourth-order valence-corrected chi connectivity index (χ4v) is 16.9. The van der Waals surface area contributed by atoms with Crippen molar-refractivity contribution >= 4 is 118 Å². The van der Waals surface area contributed by atoms with E-state index in [2.05, 4.69) is 47.5 Å². The van der Waals surface area contributed by atoms with E-state index < -0.39 is 204 Å². The van der Waals surface area contributed by atoms with Gasteiger partial charge in [0, 0.05) is 95.6 Å². The van der Waals surface area contributed by atoms with Crippen LogP contribution in [0.2, 0.25) is 0 Å². The number of nitrogens with zero attached hydrogens (tertiary/aromatic N) is 5. The number of hydrogen-bond acceptors (Lipinski definition) is 18. The number of thioether (sulfide) groups is 1. The van der Waals surface area contributed by atoms with Crippen LogP contribution in [0.1, 0.15) is 139 Å². The van der Waals surface area contributed by atoms with Gasteiger partial charge in [-0.1, -0.05) is 150 Å². The first-order chi connectivity index (χ1) is 60.5. The molecule has 3 aliphatic heterocycles. The normalized spacial score (nSPS) is 24.2. The van der Waals surface area contributed by atoms with Crippen LogP contribution in [0, 0.1) is 24.6 Å². The van der Waals surface area contributed by atoms with E-state index in [-0.39, 0.29) is 101 Å². The van der Waals surface area contributed by atoms with Crippen LogP contribution in [-0.2, 0) is 109 Å². The van der Waals surface area contributed by atoms with Gasteiger partial charge in [-0.3, -0.25) is 71.9 Å². The monoisotopic (exact) mass is 1770 g/mol. The number of aromatic nitrogens is 1. The number of aryl methyl sites for hydroxylation is 1. The van der Waals surface area contributed by atoms with Crippen LogP contribution < -0.4 is 42.5 Å². The molecule has 3 fully saturated rings. The largest absolute Gasteiger partial charge is 0.508 e. The van der Waals surface area contributed by atoms with Crippen LogP contribution in [0.25, 0.3) is 10.9 Å². The molecule has 3 saturated heterocycles. The third kappa shape index (κ3) is 27.5. The zero-order valence-electron chi connectivity index (χ0n) is 73.0. The highest BCUT2D eigenvalue weighted by Gasteiger charge is 2.46. The van der Waals surface area contributed by atoms with Crippen LogP contribution >= 0.6 is 11.8 Å². The summed E-state index contributed by atoms with van der Waals surface area (Å²) in [6.45, 7) is 10.2. The summed E-state index contributed by atoms with van der Waals surface area (Å²) in [4.78, 5) is 244. The summed E-state index contributed by atoms with van der Waals surface area (Å²) in [5, 5.41) is 53.2. The lowest BCUT2D eigenvalue weighted by Crippen LogP contribution is -2.62. The summed E-state index contributed by atoms with van der Waals surface area (Å²) in [5.74, 6) is -16.9. The summed E-state index contributed by atoms with van der Waals surface area (Å²) in [5.41, 5.74) is 3.89. The number of unbranched alkanes of at least 4 members (excludes halogenated alkanes) is 1. The molecule has 1 aromatic heterocycles. The molecule has 13 atom stereocenters. The molecule has 0 bridgehead atoms. The van der Waals surface area contributed by atoms with Crippen molar-refractivity contribution in [1.82, 2.24) is 72.0 Å². The number of nitrogens with one attached hydrogen (secondary N) is 9. The number of amides is 13. The van der Waals surface area contributed by atoms with E-state index in [1.807, 2.05) is 13.8 Å². The Bertz CT molecular complexity index is 4900. The molecule has 4 heterocycles. The molecule has 12 N–H and O–H groups in total. The number of carboxylic acids is 2. The molecule has 0 saturated carbocycles. The van der Waals surface area contributed by atoms with Crippen molar-refractivity contribution in [3.8, 4) is 5.75 Å². The summed E-state index contributed by atoms with van der Waals surface area (Å²) in [6.07, 6.45) is -0.0220. The van der Waals surface area contributed by atoms with Gasteiger partial charge in [0.05, 0.1) is 18.2 Å². The maximum Gasteiger partial charge on any atom is 0.305 e. The van der Waals surface area contributed by atoms with Crippen molar-refractivity contribution in [2.24, 2.45) is 11.8 Å². The predicted molar refractivity (Wildman–Crippen MR) is 470 cm³/mol. The first kappa shape index (κ1) is 98.2. The van der Waals surface area contributed by atoms with Gasteiger partial charge in [-0.25, -0.2) is 4.39 Å². The number of aliphatic carboxylic acids is 2. The molecule has 35 heteroatoms. The van der Waals surface area contributed by atoms with Gasteiger partial charge in [0.2, 0.25) is 76.8 Å². The van der Waals surface area contributed by atoms with Gasteiger partial charge in [0.1, 0.15) is 90.4 Å². The molecule has 0 unspecified atom stereocenters. The Kier molecular flexibility index (Phi) is 36.0. The van der Waals surface area contributed by atoms with Gasteiger partial charge in [0.25, 0.3) is 0 Å². The Labute approximate surface area is 741 Å². The summed E-state index contributed by atoms with van der Waals surface area (Å²) < 4.78 is 14.5. The molecule has 9 rings (SSSR count). The number of benzene rings is 5. The summed E-state index contributed by atoms with van der Waals surface area (Å²) in [6, 6.07) is 14.0. The van der Waals surface area contributed by atoms with Crippen molar-refractivity contribution in [3.63, 3.8) is 0 Å². The minimum absolute atomic E-state index is 0.00818. The van der Waals surface area contributed by atoms with Crippen LogP contribution in [0.15, 0.2) is 134 Å². The van der Waals surface area contributed by atoms with E-state index in [0.29, 0.717) is 57.8 Å². The van der Waals surface area contributed by atoms with E-state index in [1.165, 1.54) is 67.3 Å². The first-order valence-electron chi connectivity index (χ1n) is 43.0. The number of hydrogen-bond donors (Lipinski definition) is 12. The third-order valence-electron chi connectivity index (χ3n) is 23.2. The van der Waals surface area contributed by atoms with E-state index in [9.17, 15) is 53.3 Å². The molecular weight excluding hydrogens is 1660 g/mol. The van der Waals surface area contributed by atoms with Crippen molar-refractivity contribution in [2.45, 2.75) is 223 Å². The zero-order chi connectivity index (χ0) is 92.5. The minimum Gasteiger partial charge on any atom is -0.508 e. The van der Waals surface area contributed by atoms with E-state index >= 15 is 43.2 Å². The molecule has 0 aliphatic carbocycles. The highest BCUT2D eigenvalue weighted by atomic mass is 32.2. The number of carbonyl (C=O) groups is 16. The molecule has 3 aliphatic rings. The molecule has 0 radical (unpaired) electrons. The number of halogens is 1. The number of H-pyrrole nitrogens is 1. The highest BCUT2D eigenvalue weighted by Crippen LogP contribution is 2.28. The Balaban J connectivity index is 1.10. The van der Waals surface area contributed by atoms with Gasteiger partial charge >= 0.3 is 11.9 Å². The van der Waals surface area contributed by atoms with Crippen LogP contribution in [-0.4, -0.2) is 264 Å². The van der Waals surface area contributed by atoms with Crippen molar-refractivity contribution < 1.29 is 96.4 Å². The number of rotatable bonds is 22. The Morgan fingerprint density at radius 3 is 1.62 bits per heavy atom. The second-order valence-corrected chi connectivity index (χ2v) is 34.7. The number of aldehydes is 1. The molecular formula is C92H117FN14O19S. The standard InChI is InChI=1S/C92H117FN14O19S/c1-10-11-23-74-91(125)107-41-18-25-73(107)86(120)101-70(48-79(113)114)84(118)102-80(54(4)5)92(126)104(8)75(45-59-28-26-55(6)27-29-59)87(121)97-66(38-39-78(111)112)89(123)106-40-17-24-72(106)85(119)100-69(47-60-49-94-65-22-16-15-21-64(60)65)83(117)99-68(43-58-32-36-63(109)37-33-58)82(116)98-67(42-53(2)3)81(115)95-62(50-108)51-127-52-77(110)96-71(44-57-30-34-61(93)35-31-57)88(122)105(9)76(90(124)103(74)7)46-56-19-13-12-14-20-56/h12-16,19-22,26-37,49-50,53-54,62,66-76,80,94,109H,10-11,17-18,23-25,38-48,51-52H2,1-9H3,(H,95,115)(H,96,110)(H,97,121)(H,98,116)(H,99,117)(H,100,119)(H,101,120)(H,102,118)(H,111,112)(H,113,114)/t62-,66+,67+,68+,69+,70+,71+,72-,73-,74+,75+,76+,80+/m1/s1. The van der Waals surface area contributed by atoms with Gasteiger partial charge in [-0.2, -0.15) is 0 Å². The number of carbonyl (C=O) groups excluding carboxylic acids is 14. The van der Waals surface area contributed by atoms with Gasteiger partial charge in [-0.15, -0.1) is 11.8 Å².